The highest BCUT2D eigenvalue weighted by molar-refractivity contribution is 6.09. The van der Waals surface area contributed by atoms with Gasteiger partial charge in [0.2, 0.25) is 0 Å². The summed E-state index contributed by atoms with van der Waals surface area (Å²) in [5, 5.41) is 2.85. The number of likely N-dealkylation sites (tertiary alicyclic amines) is 1. The third kappa shape index (κ3) is 2.94. The van der Waals surface area contributed by atoms with Crippen LogP contribution in [0.1, 0.15) is 47.5 Å². The van der Waals surface area contributed by atoms with Gasteiger partial charge in [-0.1, -0.05) is 0 Å². The van der Waals surface area contributed by atoms with E-state index in [-0.39, 0.29) is 30.1 Å². The number of piperidine rings is 1. The van der Waals surface area contributed by atoms with Crippen molar-refractivity contribution < 1.29 is 19.1 Å². The third-order valence-electron chi connectivity index (χ3n) is 5.12. The Morgan fingerprint density at radius 3 is 2.17 bits per heavy atom. The minimum Gasteiger partial charge on any atom is -0.465 e. The number of imide groups is 1. The fourth-order valence-electron chi connectivity index (χ4n) is 3.99. The van der Waals surface area contributed by atoms with Crippen molar-refractivity contribution in [3.05, 3.63) is 0 Å². The van der Waals surface area contributed by atoms with Crippen molar-refractivity contribution >= 4 is 17.9 Å². The van der Waals surface area contributed by atoms with Gasteiger partial charge in [-0.15, -0.1) is 0 Å². The lowest BCUT2D eigenvalue weighted by Crippen LogP contribution is -2.68. The molecule has 0 aliphatic carbocycles. The number of carbonyl (C=O) groups is 3. The highest BCUT2D eigenvalue weighted by atomic mass is 16.5. The lowest BCUT2D eigenvalue weighted by molar-refractivity contribution is -0.149. The van der Waals surface area contributed by atoms with E-state index >= 15 is 0 Å². The average Bonchev–Trinajstić information content (AvgIpc) is 2.60. The minimum absolute atomic E-state index is 0.221. The molecule has 7 nitrogen and oxygen atoms in total. The molecule has 1 spiro atoms. The van der Waals surface area contributed by atoms with E-state index < -0.39 is 17.5 Å². The summed E-state index contributed by atoms with van der Waals surface area (Å²) in [5.41, 5.74) is -1.47. The van der Waals surface area contributed by atoms with E-state index in [4.69, 9.17) is 4.74 Å². The van der Waals surface area contributed by atoms with Crippen LogP contribution >= 0.6 is 0 Å². The van der Waals surface area contributed by atoms with Crippen molar-refractivity contribution in [2.75, 3.05) is 20.2 Å². The molecule has 23 heavy (non-hydrogen) atoms. The van der Waals surface area contributed by atoms with E-state index in [9.17, 15) is 14.4 Å². The zero-order valence-electron chi connectivity index (χ0n) is 14.9. The largest absolute Gasteiger partial charge is 0.465 e. The fourth-order valence-corrected chi connectivity index (χ4v) is 3.99. The molecule has 3 amide bonds. The molecule has 0 saturated carbocycles. The Hall–Kier alpha value is -1.63. The first-order valence-electron chi connectivity index (χ1n) is 7.99. The van der Waals surface area contributed by atoms with E-state index in [0.717, 1.165) is 4.90 Å². The van der Waals surface area contributed by atoms with Gasteiger partial charge in [-0.05, 0) is 54.5 Å². The van der Waals surface area contributed by atoms with E-state index in [2.05, 4.69) is 37.9 Å². The van der Waals surface area contributed by atoms with Crippen LogP contribution in [0.2, 0.25) is 0 Å². The Morgan fingerprint density at radius 2 is 1.70 bits per heavy atom. The Balaban J connectivity index is 2.28. The lowest BCUT2D eigenvalue weighted by Gasteiger charge is -2.56. The quantitative estimate of drug-likeness (QED) is 0.621. The number of ether oxygens (including phenoxy) is 1. The van der Waals surface area contributed by atoms with Crippen LogP contribution in [0.3, 0.4) is 0 Å². The van der Waals surface area contributed by atoms with Crippen LogP contribution in [-0.4, -0.2) is 64.5 Å². The summed E-state index contributed by atoms with van der Waals surface area (Å²) in [5.74, 6) is -0.899. The van der Waals surface area contributed by atoms with Gasteiger partial charge < -0.3 is 10.1 Å². The highest BCUT2D eigenvalue weighted by Crippen LogP contribution is 2.44. The van der Waals surface area contributed by atoms with Gasteiger partial charge in [0.15, 0.2) is 0 Å². The number of rotatable bonds is 3. The van der Waals surface area contributed by atoms with Crippen molar-refractivity contribution in [2.45, 2.75) is 64.1 Å². The molecule has 130 valence electrons. The third-order valence-corrected chi connectivity index (χ3v) is 5.12. The summed E-state index contributed by atoms with van der Waals surface area (Å²) in [4.78, 5) is 40.1. The summed E-state index contributed by atoms with van der Waals surface area (Å²) in [7, 11) is 2.03. The molecule has 0 aromatic rings. The van der Waals surface area contributed by atoms with Crippen molar-refractivity contribution in [3.8, 4) is 0 Å². The summed E-state index contributed by atoms with van der Waals surface area (Å²) in [6.07, 6.45) is 1.01. The number of nitrogens with zero attached hydrogens (tertiary/aromatic N) is 2. The van der Waals surface area contributed by atoms with Crippen LogP contribution in [0.4, 0.5) is 4.79 Å². The molecule has 0 atom stereocenters. The van der Waals surface area contributed by atoms with Gasteiger partial charge in [-0.3, -0.25) is 19.4 Å². The van der Waals surface area contributed by atoms with Gasteiger partial charge in [0.05, 0.1) is 6.61 Å². The van der Waals surface area contributed by atoms with E-state index in [1.54, 1.807) is 6.92 Å². The molecule has 1 N–H and O–H groups in total. The monoisotopic (exact) mass is 325 g/mol. The SMILES string of the molecule is CCOC(=O)CN1C(=O)NC2(CC(C)(C)N(C)C(C)(C)C2)C1=O. The predicted molar refractivity (Wildman–Crippen MR) is 84.8 cm³/mol. The topological polar surface area (TPSA) is 79.0 Å². The molecule has 0 aromatic carbocycles. The van der Waals surface area contributed by atoms with Gasteiger partial charge in [-0.2, -0.15) is 0 Å². The van der Waals surface area contributed by atoms with Crippen LogP contribution in [0.25, 0.3) is 0 Å². The Kier molecular flexibility index (Phi) is 4.22. The number of esters is 1. The molecular formula is C16H27N3O4. The smallest absolute Gasteiger partial charge is 0.326 e. The lowest BCUT2D eigenvalue weighted by atomic mass is 9.69. The minimum atomic E-state index is -0.955. The van der Waals surface area contributed by atoms with Gasteiger partial charge >= 0.3 is 12.0 Å². The summed E-state index contributed by atoms with van der Waals surface area (Å²) in [6.45, 7) is 9.81. The first-order valence-corrected chi connectivity index (χ1v) is 7.99. The molecule has 2 aliphatic heterocycles. The molecule has 2 saturated heterocycles. The molecule has 2 aliphatic rings. The molecule has 2 heterocycles. The number of amides is 3. The molecule has 0 unspecified atom stereocenters. The number of hydrogen-bond donors (Lipinski definition) is 1. The zero-order chi connectivity index (χ0) is 17.6. The second-order valence-corrected chi connectivity index (χ2v) is 7.75. The van der Waals surface area contributed by atoms with Gasteiger partial charge in [0.25, 0.3) is 5.91 Å². The summed E-state index contributed by atoms with van der Waals surface area (Å²) in [6, 6.07) is -0.515. The van der Waals surface area contributed by atoms with Crippen LogP contribution in [0.5, 0.6) is 0 Å². The number of hydrogen-bond acceptors (Lipinski definition) is 5. The number of carbonyl (C=O) groups excluding carboxylic acids is 3. The molecule has 0 bridgehead atoms. The highest BCUT2D eigenvalue weighted by Gasteiger charge is 2.60. The molecule has 0 radical (unpaired) electrons. The molecule has 7 heteroatoms. The average molecular weight is 325 g/mol. The first-order chi connectivity index (χ1) is 10.4. The van der Waals surface area contributed by atoms with Crippen LogP contribution in [0, 0.1) is 0 Å². The van der Waals surface area contributed by atoms with Gasteiger partial charge in [0.1, 0.15) is 12.1 Å². The second kappa shape index (κ2) is 5.47. The number of urea groups is 1. The normalized spacial score (nSPS) is 25.6. The summed E-state index contributed by atoms with van der Waals surface area (Å²) < 4.78 is 4.85. The van der Waals surface area contributed by atoms with Crippen molar-refractivity contribution in [1.29, 1.82) is 0 Å². The Bertz CT molecular complexity index is 523. The Morgan fingerprint density at radius 1 is 1.17 bits per heavy atom. The van der Waals surface area contributed by atoms with E-state index in [1.165, 1.54) is 0 Å². The van der Waals surface area contributed by atoms with Crippen LogP contribution in [-0.2, 0) is 14.3 Å². The van der Waals surface area contributed by atoms with Crippen molar-refractivity contribution in [2.24, 2.45) is 0 Å². The van der Waals surface area contributed by atoms with Gasteiger partial charge in [-0.25, -0.2) is 4.79 Å². The molecular weight excluding hydrogens is 298 g/mol. The maximum Gasteiger partial charge on any atom is 0.326 e. The first kappa shape index (κ1) is 17.7. The maximum atomic E-state index is 12.9. The van der Waals surface area contributed by atoms with Crippen molar-refractivity contribution in [3.63, 3.8) is 0 Å². The molecule has 0 aromatic heterocycles. The van der Waals surface area contributed by atoms with E-state index in [1.807, 2.05) is 7.05 Å². The van der Waals surface area contributed by atoms with Crippen molar-refractivity contribution in [1.82, 2.24) is 15.1 Å². The fraction of sp³-hybridized carbons (Fsp3) is 0.812. The molecule has 2 rings (SSSR count). The molecule has 2 fully saturated rings. The second-order valence-electron chi connectivity index (χ2n) is 7.75. The standard InChI is InChI=1S/C16H27N3O4/c1-7-23-11(20)8-19-12(21)16(17-13(19)22)9-14(2,3)18(6)15(4,5)10-16/h7-10H2,1-6H3,(H,17,22). The van der Waals surface area contributed by atoms with E-state index in [0.29, 0.717) is 12.8 Å². The predicted octanol–water partition coefficient (Wildman–Crippen LogP) is 1.12. The zero-order valence-corrected chi connectivity index (χ0v) is 14.9. The van der Waals surface area contributed by atoms with Gasteiger partial charge in [0, 0.05) is 11.1 Å². The number of nitrogens with one attached hydrogen (secondary N) is 1. The maximum absolute atomic E-state index is 12.9. The van der Waals surface area contributed by atoms with Crippen LogP contribution < -0.4 is 5.32 Å². The Labute approximate surface area is 137 Å². The summed E-state index contributed by atoms with van der Waals surface area (Å²) >= 11 is 0. The van der Waals surface area contributed by atoms with Crippen LogP contribution in [0.15, 0.2) is 0 Å².